The van der Waals surface area contributed by atoms with Gasteiger partial charge >= 0.3 is 0 Å². The van der Waals surface area contributed by atoms with Crippen LogP contribution in [0.15, 0.2) is 17.5 Å². The van der Waals surface area contributed by atoms with Gasteiger partial charge in [-0.25, -0.2) is 0 Å². The second-order valence-corrected chi connectivity index (χ2v) is 5.88. The third-order valence-corrected chi connectivity index (χ3v) is 4.62. The molecule has 0 aliphatic carbocycles. The van der Waals surface area contributed by atoms with Crippen molar-refractivity contribution in [3.63, 3.8) is 0 Å². The molecule has 2 atom stereocenters. The largest absolute Gasteiger partial charge is 0.381 e. The second kappa shape index (κ2) is 5.38. The average Bonchev–Trinajstić information content (AvgIpc) is 3.08. The third kappa shape index (κ3) is 2.43. The van der Waals surface area contributed by atoms with Crippen LogP contribution >= 0.6 is 11.3 Å². The molecule has 0 bridgehead atoms. The summed E-state index contributed by atoms with van der Waals surface area (Å²) in [6, 6.07) is 4.13. The van der Waals surface area contributed by atoms with Crippen LogP contribution in [0, 0.1) is 5.92 Å². The molecule has 0 spiro atoms. The first-order chi connectivity index (χ1) is 8.84. The van der Waals surface area contributed by atoms with Gasteiger partial charge in [-0.2, -0.15) is 0 Å². The number of hydrogen-bond acceptors (Lipinski definition) is 4. The van der Waals surface area contributed by atoms with E-state index in [9.17, 15) is 4.79 Å². The summed E-state index contributed by atoms with van der Waals surface area (Å²) in [6.07, 6.45) is 2.27. The van der Waals surface area contributed by atoms with Crippen molar-refractivity contribution >= 4 is 17.2 Å². The van der Waals surface area contributed by atoms with Crippen molar-refractivity contribution in [2.24, 2.45) is 5.92 Å². The molecular weight excluding hydrogens is 248 g/mol. The van der Waals surface area contributed by atoms with Crippen molar-refractivity contribution in [2.75, 3.05) is 26.3 Å². The van der Waals surface area contributed by atoms with Crippen LogP contribution in [0.2, 0.25) is 0 Å². The highest BCUT2D eigenvalue weighted by atomic mass is 32.1. The van der Waals surface area contributed by atoms with Crippen molar-refractivity contribution in [1.82, 2.24) is 10.2 Å². The molecule has 2 unspecified atom stereocenters. The summed E-state index contributed by atoms with van der Waals surface area (Å²) in [6.45, 7) is 3.04. The fourth-order valence-electron chi connectivity index (χ4n) is 2.63. The summed E-state index contributed by atoms with van der Waals surface area (Å²) >= 11 is 1.70. The van der Waals surface area contributed by atoms with E-state index in [2.05, 4.69) is 16.8 Å². The lowest BCUT2D eigenvalue weighted by atomic mass is 10.0. The first-order valence-corrected chi connectivity index (χ1v) is 7.36. The standard InChI is InChI=1S/C13H18N2O2S/c16-12-8-14-13(11-2-1-7-18-11)15(12)5-3-10-4-6-17-9-10/h1-2,7,10,13-14H,3-6,8-9H2. The molecule has 0 saturated carbocycles. The van der Waals surface area contributed by atoms with E-state index in [4.69, 9.17) is 4.74 Å². The van der Waals surface area contributed by atoms with Crippen LogP contribution in [-0.4, -0.2) is 37.1 Å². The van der Waals surface area contributed by atoms with Gasteiger partial charge in [0.2, 0.25) is 5.91 Å². The van der Waals surface area contributed by atoms with E-state index in [0.29, 0.717) is 12.5 Å². The summed E-state index contributed by atoms with van der Waals surface area (Å²) in [5.41, 5.74) is 0. The fourth-order valence-corrected chi connectivity index (χ4v) is 3.44. The Kier molecular flexibility index (Phi) is 3.63. The van der Waals surface area contributed by atoms with Gasteiger partial charge in [0, 0.05) is 24.6 Å². The minimum Gasteiger partial charge on any atom is -0.381 e. The first kappa shape index (κ1) is 12.1. The van der Waals surface area contributed by atoms with E-state index in [1.807, 2.05) is 11.0 Å². The van der Waals surface area contributed by atoms with E-state index in [1.54, 1.807) is 11.3 Å². The Labute approximate surface area is 111 Å². The molecular formula is C13H18N2O2S. The average molecular weight is 266 g/mol. The normalized spacial score (nSPS) is 28.2. The molecule has 3 heterocycles. The van der Waals surface area contributed by atoms with Gasteiger partial charge in [-0.3, -0.25) is 10.1 Å². The van der Waals surface area contributed by atoms with E-state index in [0.717, 1.165) is 32.6 Å². The number of carbonyl (C=O) groups excluding carboxylic acids is 1. The Morgan fingerprint density at radius 1 is 1.56 bits per heavy atom. The molecule has 1 aromatic rings. The molecule has 1 amide bonds. The lowest BCUT2D eigenvalue weighted by Gasteiger charge is -2.24. The van der Waals surface area contributed by atoms with Gasteiger partial charge in [0.05, 0.1) is 6.54 Å². The van der Waals surface area contributed by atoms with Crippen molar-refractivity contribution in [3.8, 4) is 0 Å². The molecule has 0 radical (unpaired) electrons. The van der Waals surface area contributed by atoms with Crippen molar-refractivity contribution in [1.29, 1.82) is 0 Å². The predicted octanol–water partition coefficient (Wildman–Crippen LogP) is 1.61. The number of ether oxygens (including phenoxy) is 1. The number of hydrogen-bond donors (Lipinski definition) is 1. The van der Waals surface area contributed by atoms with Crippen molar-refractivity contribution in [3.05, 3.63) is 22.4 Å². The maximum absolute atomic E-state index is 11.9. The zero-order valence-corrected chi connectivity index (χ0v) is 11.1. The van der Waals surface area contributed by atoms with Crippen molar-refractivity contribution < 1.29 is 9.53 Å². The maximum Gasteiger partial charge on any atom is 0.238 e. The first-order valence-electron chi connectivity index (χ1n) is 6.48. The fraction of sp³-hybridized carbons (Fsp3) is 0.615. The summed E-state index contributed by atoms with van der Waals surface area (Å²) in [5.74, 6) is 0.842. The molecule has 0 aromatic carbocycles. The number of rotatable bonds is 4. The van der Waals surface area contributed by atoms with Gasteiger partial charge in [0.15, 0.2) is 0 Å². The maximum atomic E-state index is 11.9. The van der Waals surface area contributed by atoms with Crippen LogP contribution in [0.3, 0.4) is 0 Å². The monoisotopic (exact) mass is 266 g/mol. The predicted molar refractivity (Wildman–Crippen MR) is 70.3 cm³/mol. The molecule has 2 fully saturated rings. The Morgan fingerprint density at radius 2 is 2.50 bits per heavy atom. The van der Waals surface area contributed by atoms with Crippen LogP contribution in [0.5, 0.6) is 0 Å². The highest BCUT2D eigenvalue weighted by Gasteiger charge is 2.32. The molecule has 2 aliphatic heterocycles. The summed E-state index contributed by atoms with van der Waals surface area (Å²) in [5, 5.41) is 5.35. The Balaban J connectivity index is 1.62. The lowest BCUT2D eigenvalue weighted by molar-refractivity contribution is -0.128. The van der Waals surface area contributed by atoms with Crippen LogP contribution in [0.1, 0.15) is 23.9 Å². The van der Waals surface area contributed by atoms with Crippen LogP contribution in [0.25, 0.3) is 0 Å². The van der Waals surface area contributed by atoms with Gasteiger partial charge in [-0.15, -0.1) is 11.3 Å². The molecule has 1 aromatic heterocycles. The number of nitrogens with zero attached hydrogens (tertiary/aromatic N) is 1. The van der Waals surface area contributed by atoms with Crippen molar-refractivity contribution in [2.45, 2.75) is 19.0 Å². The topological polar surface area (TPSA) is 41.6 Å². The zero-order chi connectivity index (χ0) is 12.4. The highest BCUT2D eigenvalue weighted by Crippen LogP contribution is 2.27. The van der Waals surface area contributed by atoms with E-state index in [1.165, 1.54) is 4.88 Å². The van der Waals surface area contributed by atoms with Gasteiger partial charge in [0.1, 0.15) is 6.17 Å². The van der Waals surface area contributed by atoms with Gasteiger partial charge in [0.25, 0.3) is 0 Å². The van der Waals surface area contributed by atoms with E-state index in [-0.39, 0.29) is 12.1 Å². The Hall–Kier alpha value is -0.910. The second-order valence-electron chi connectivity index (χ2n) is 4.90. The smallest absolute Gasteiger partial charge is 0.238 e. The number of carbonyl (C=O) groups is 1. The third-order valence-electron chi connectivity index (χ3n) is 3.69. The molecule has 2 aliphatic rings. The minimum absolute atomic E-state index is 0.0832. The Bertz CT molecular complexity index is 401. The SMILES string of the molecule is O=C1CNC(c2cccs2)N1CCC1CCOC1. The number of amides is 1. The van der Waals surface area contributed by atoms with Gasteiger partial charge in [-0.05, 0) is 30.2 Å². The molecule has 18 heavy (non-hydrogen) atoms. The van der Waals surface area contributed by atoms with E-state index < -0.39 is 0 Å². The highest BCUT2D eigenvalue weighted by molar-refractivity contribution is 7.10. The van der Waals surface area contributed by atoms with Gasteiger partial charge in [-0.1, -0.05) is 6.07 Å². The van der Waals surface area contributed by atoms with Crippen LogP contribution in [-0.2, 0) is 9.53 Å². The number of thiophene rings is 1. The summed E-state index contributed by atoms with van der Waals surface area (Å²) < 4.78 is 5.38. The van der Waals surface area contributed by atoms with E-state index >= 15 is 0 Å². The van der Waals surface area contributed by atoms with Crippen LogP contribution < -0.4 is 5.32 Å². The minimum atomic E-state index is 0.0832. The Morgan fingerprint density at radius 3 is 3.22 bits per heavy atom. The summed E-state index contributed by atoms with van der Waals surface area (Å²) in [4.78, 5) is 15.1. The van der Waals surface area contributed by atoms with Crippen LogP contribution in [0.4, 0.5) is 0 Å². The molecule has 98 valence electrons. The lowest BCUT2D eigenvalue weighted by Crippen LogP contribution is -2.31. The quantitative estimate of drug-likeness (QED) is 0.900. The molecule has 3 rings (SSSR count). The zero-order valence-electron chi connectivity index (χ0n) is 10.3. The summed E-state index contributed by atoms with van der Waals surface area (Å²) in [7, 11) is 0. The molecule has 5 heteroatoms. The van der Waals surface area contributed by atoms with Gasteiger partial charge < -0.3 is 9.64 Å². The molecule has 2 saturated heterocycles. The molecule has 4 nitrogen and oxygen atoms in total. The number of nitrogens with one attached hydrogen (secondary N) is 1. The molecule has 1 N–H and O–H groups in total.